The smallest absolute Gasteiger partial charge is 0.191 e. The molecule has 0 atom stereocenters. The van der Waals surface area contributed by atoms with Crippen molar-refractivity contribution in [2.24, 2.45) is 4.99 Å². The number of aryl methyl sites for hydroxylation is 1. The van der Waals surface area contributed by atoms with E-state index in [9.17, 15) is 0 Å². The molecule has 0 saturated carbocycles. The van der Waals surface area contributed by atoms with Crippen molar-refractivity contribution < 1.29 is 0 Å². The van der Waals surface area contributed by atoms with Crippen LogP contribution in [0.4, 0.5) is 0 Å². The maximum Gasteiger partial charge on any atom is 0.191 e. The van der Waals surface area contributed by atoms with Gasteiger partial charge in [-0.2, -0.15) is 11.8 Å². The monoisotopic (exact) mass is 297 g/mol. The average molecular weight is 297 g/mol. The summed E-state index contributed by atoms with van der Waals surface area (Å²) in [7, 11) is 1.80. The average Bonchev–Trinajstić information content (AvgIpc) is 2.43. The van der Waals surface area contributed by atoms with Crippen molar-refractivity contribution >= 4 is 29.5 Å². The molecule has 1 rings (SSSR count). The molecule has 0 aliphatic rings. The highest BCUT2D eigenvalue weighted by Gasteiger charge is 2.03. The highest BCUT2D eigenvalue weighted by molar-refractivity contribution is 7.98. The summed E-state index contributed by atoms with van der Waals surface area (Å²) in [5.41, 5.74) is 2.61. The van der Waals surface area contributed by atoms with E-state index in [1.54, 1.807) is 18.8 Å². The molecule has 5 heteroatoms. The second-order valence-corrected chi connectivity index (χ2v) is 5.99. The lowest BCUT2D eigenvalue weighted by atomic mass is 10.1. The van der Waals surface area contributed by atoms with Gasteiger partial charge in [-0.25, -0.2) is 0 Å². The highest BCUT2D eigenvalue weighted by atomic mass is 32.2. The summed E-state index contributed by atoms with van der Waals surface area (Å²) in [4.78, 5) is 5.55. The number of hydrogen-bond donors (Lipinski definition) is 2. The Balaban J connectivity index is 2.55. The molecule has 0 unspecified atom stereocenters. The molecule has 0 aromatic heterocycles. The number of nitrogens with one attached hydrogen (secondary N) is 2. The SMILES string of the molecule is CN=C(NCCSC)NCc1ccc(C)cc1SC. The zero-order valence-corrected chi connectivity index (χ0v) is 13.8. The van der Waals surface area contributed by atoms with Gasteiger partial charge in [-0.3, -0.25) is 4.99 Å². The minimum absolute atomic E-state index is 0.801. The Morgan fingerprint density at radius 3 is 2.68 bits per heavy atom. The lowest BCUT2D eigenvalue weighted by Crippen LogP contribution is -2.38. The molecule has 1 aromatic carbocycles. The number of guanidine groups is 1. The number of benzene rings is 1. The van der Waals surface area contributed by atoms with Crippen LogP contribution >= 0.6 is 23.5 Å². The molecule has 19 heavy (non-hydrogen) atoms. The van der Waals surface area contributed by atoms with E-state index in [1.807, 2.05) is 11.8 Å². The first-order chi connectivity index (χ1) is 9.21. The van der Waals surface area contributed by atoms with Crippen molar-refractivity contribution in [2.75, 3.05) is 31.9 Å². The molecule has 3 nitrogen and oxygen atoms in total. The lowest BCUT2D eigenvalue weighted by molar-refractivity contribution is 0.822. The van der Waals surface area contributed by atoms with Crippen molar-refractivity contribution in [3.05, 3.63) is 29.3 Å². The Hall–Kier alpha value is -0.810. The van der Waals surface area contributed by atoms with Gasteiger partial charge in [0, 0.05) is 30.8 Å². The van der Waals surface area contributed by atoms with Crippen LogP contribution in [-0.2, 0) is 6.54 Å². The molecule has 0 fully saturated rings. The summed E-state index contributed by atoms with van der Waals surface area (Å²) in [6.45, 7) is 3.86. The number of aliphatic imine (C=N–C) groups is 1. The van der Waals surface area contributed by atoms with E-state index in [4.69, 9.17) is 0 Å². The van der Waals surface area contributed by atoms with E-state index < -0.39 is 0 Å². The third kappa shape index (κ3) is 5.78. The highest BCUT2D eigenvalue weighted by Crippen LogP contribution is 2.21. The summed E-state index contributed by atoms with van der Waals surface area (Å²) >= 11 is 3.61. The molecular formula is C14H23N3S2. The van der Waals surface area contributed by atoms with Crippen LogP contribution in [0.3, 0.4) is 0 Å². The van der Waals surface area contributed by atoms with E-state index in [2.05, 4.69) is 53.3 Å². The molecule has 1 aromatic rings. The van der Waals surface area contributed by atoms with Crippen LogP contribution in [0.25, 0.3) is 0 Å². The Morgan fingerprint density at radius 1 is 1.26 bits per heavy atom. The summed E-state index contributed by atoms with van der Waals surface area (Å²) in [5.74, 6) is 1.95. The second kappa shape index (κ2) is 9.15. The molecule has 2 N–H and O–H groups in total. The van der Waals surface area contributed by atoms with Gasteiger partial charge in [-0.15, -0.1) is 11.8 Å². The van der Waals surface area contributed by atoms with Crippen LogP contribution < -0.4 is 10.6 Å². The molecule has 0 amide bonds. The third-order valence-corrected chi connectivity index (χ3v) is 4.14. The van der Waals surface area contributed by atoms with E-state index in [0.717, 1.165) is 24.8 Å². The molecule has 0 radical (unpaired) electrons. The zero-order chi connectivity index (χ0) is 14.1. The number of nitrogens with zero attached hydrogens (tertiary/aromatic N) is 1. The van der Waals surface area contributed by atoms with Crippen molar-refractivity contribution in [2.45, 2.75) is 18.4 Å². The molecule has 0 saturated heterocycles. The second-order valence-electron chi connectivity index (χ2n) is 4.16. The molecule has 0 heterocycles. The van der Waals surface area contributed by atoms with Gasteiger partial charge in [0.2, 0.25) is 0 Å². The lowest BCUT2D eigenvalue weighted by Gasteiger charge is -2.13. The van der Waals surface area contributed by atoms with Gasteiger partial charge >= 0.3 is 0 Å². The maximum atomic E-state index is 4.23. The van der Waals surface area contributed by atoms with Crippen LogP contribution in [0.1, 0.15) is 11.1 Å². The molecule has 0 bridgehead atoms. The van der Waals surface area contributed by atoms with Gasteiger partial charge in [0.15, 0.2) is 5.96 Å². The van der Waals surface area contributed by atoms with E-state index >= 15 is 0 Å². The van der Waals surface area contributed by atoms with Gasteiger partial charge in [0.1, 0.15) is 0 Å². The van der Waals surface area contributed by atoms with Crippen LogP contribution in [-0.4, -0.2) is 37.8 Å². The van der Waals surface area contributed by atoms with Gasteiger partial charge in [0.05, 0.1) is 0 Å². The third-order valence-electron chi connectivity index (χ3n) is 2.71. The summed E-state index contributed by atoms with van der Waals surface area (Å²) in [6.07, 6.45) is 4.22. The largest absolute Gasteiger partial charge is 0.356 e. The van der Waals surface area contributed by atoms with Crippen molar-refractivity contribution in [3.63, 3.8) is 0 Å². The Labute approximate surface area is 125 Å². The van der Waals surface area contributed by atoms with Gasteiger partial charge < -0.3 is 10.6 Å². The number of thioether (sulfide) groups is 2. The molecule has 0 aliphatic carbocycles. The van der Waals surface area contributed by atoms with Crippen LogP contribution in [0.5, 0.6) is 0 Å². The van der Waals surface area contributed by atoms with E-state index in [-0.39, 0.29) is 0 Å². The van der Waals surface area contributed by atoms with Crippen molar-refractivity contribution in [1.82, 2.24) is 10.6 Å². The minimum atomic E-state index is 0.801. The fraction of sp³-hybridized carbons (Fsp3) is 0.500. The van der Waals surface area contributed by atoms with Gasteiger partial charge in [0.25, 0.3) is 0 Å². The molecule has 0 spiro atoms. The standard InChI is InChI=1S/C14H23N3S2/c1-11-5-6-12(13(9-11)19-4)10-17-14(15-2)16-7-8-18-3/h5-6,9H,7-8,10H2,1-4H3,(H2,15,16,17). The first-order valence-corrected chi connectivity index (χ1v) is 8.90. The first kappa shape index (κ1) is 16.2. The summed E-state index contributed by atoms with van der Waals surface area (Å²) in [5, 5.41) is 6.66. The van der Waals surface area contributed by atoms with Crippen LogP contribution in [0.2, 0.25) is 0 Å². The Morgan fingerprint density at radius 2 is 2.05 bits per heavy atom. The first-order valence-electron chi connectivity index (χ1n) is 6.28. The quantitative estimate of drug-likeness (QED) is 0.366. The molecular weight excluding hydrogens is 274 g/mol. The number of hydrogen-bond acceptors (Lipinski definition) is 3. The molecule has 106 valence electrons. The van der Waals surface area contributed by atoms with Crippen molar-refractivity contribution in [1.29, 1.82) is 0 Å². The maximum absolute atomic E-state index is 4.23. The normalized spacial score (nSPS) is 11.5. The van der Waals surface area contributed by atoms with E-state index in [1.165, 1.54) is 16.0 Å². The van der Waals surface area contributed by atoms with Gasteiger partial charge in [-0.05, 0) is 36.6 Å². The van der Waals surface area contributed by atoms with Crippen molar-refractivity contribution in [3.8, 4) is 0 Å². The van der Waals surface area contributed by atoms with Crippen LogP contribution in [0, 0.1) is 6.92 Å². The Bertz CT molecular complexity index is 419. The van der Waals surface area contributed by atoms with Crippen LogP contribution in [0.15, 0.2) is 28.1 Å². The van der Waals surface area contributed by atoms with E-state index in [0.29, 0.717) is 0 Å². The molecule has 0 aliphatic heterocycles. The number of rotatable bonds is 6. The topological polar surface area (TPSA) is 36.4 Å². The summed E-state index contributed by atoms with van der Waals surface area (Å²) in [6, 6.07) is 6.57. The fourth-order valence-electron chi connectivity index (χ4n) is 1.67. The van der Waals surface area contributed by atoms with Gasteiger partial charge in [-0.1, -0.05) is 12.1 Å². The fourth-order valence-corrected chi connectivity index (χ4v) is 2.68. The predicted octanol–water partition coefficient (Wildman–Crippen LogP) is 2.74. The minimum Gasteiger partial charge on any atom is -0.356 e. The zero-order valence-electron chi connectivity index (χ0n) is 12.1. The predicted molar refractivity (Wildman–Crippen MR) is 89.5 cm³/mol. The Kier molecular flexibility index (Phi) is 7.82. The summed E-state index contributed by atoms with van der Waals surface area (Å²) < 4.78 is 0.